The molecular formula is C22H28N2O2. The van der Waals surface area contributed by atoms with E-state index < -0.39 is 0 Å². The van der Waals surface area contributed by atoms with Crippen molar-refractivity contribution in [3.8, 4) is 0 Å². The Hall–Kier alpha value is -1.72. The van der Waals surface area contributed by atoms with Crippen molar-refractivity contribution >= 4 is 0 Å². The van der Waals surface area contributed by atoms with Gasteiger partial charge in [-0.05, 0) is 11.1 Å². The van der Waals surface area contributed by atoms with Crippen LogP contribution in [-0.4, -0.2) is 55.5 Å². The molecule has 26 heavy (non-hydrogen) atoms. The first-order valence-electron chi connectivity index (χ1n) is 9.51. The van der Waals surface area contributed by atoms with Gasteiger partial charge in [-0.15, -0.1) is 0 Å². The van der Waals surface area contributed by atoms with Crippen molar-refractivity contribution in [2.75, 3.05) is 39.5 Å². The van der Waals surface area contributed by atoms with E-state index in [1.54, 1.807) is 0 Å². The predicted octanol–water partition coefficient (Wildman–Crippen LogP) is 2.25. The van der Waals surface area contributed by atoms with Crippen LogP contribution in [0.25, 0.3) is 0 Å². The van der Waals surface area contributed by atoms with Gasteiger partial charge in [-0.3, -0.25) is 4.90 Å². The molecule has 0 amide bonds. The van der Waals surface area contributed by atoms with E-state index in [2.05, 4.69) is 70.9 Å². The van der Waals surface area contributed by atoms with Crippen molar-refractivity contribution < 1.29 is 9.84 Å². The number of benzene rings is 2. The second kappa shape index (κ2) is 7.89. The third-order valence-electron chi connectivity index (χ3n) is 5.76. The zero-order valence-electron chi connectivity index (χ0n) is 15.2. The molecule has 0 aromatic heterocycles. The van der Waals surface area contributed by atoms with Crippen LogP contribution in [-0.2, 0) is 11.3 Å². The highest BCUT2D eigenvalue weighted by molar-refractivity contribution is 5.24. The Kier molecular flexibility index (Phi) is 5.36. The monoisotopic (exact) mass is 352 g/mol. The molecule has 2 N–H and O–H groups in total. The van der Waals surface area contributed by atoms with Crippen LogP contribution in [0.2, 0.25) is 0 Å². The average Bonchev–Trinajstić information content (AvgIpc) is 3.05. The zero-order chi connectivity index (χ0) is 17.8. The van der Waals surface area contributed by atoms with E-state index in [0.717, 1.165) is 26.2 Å². The standard InChI is InChI=1S/C22H28N2O2/c25-15-22(16-26-17-22)14-23-21-13-24(11-18-7-3-1-4-8-18)12-20(21)19-9-5-2-6-10-19/h1-10,20-21,23,25H,11-17H2/t20-,21+/m0/s1. The van der Waals surface area contributed by atoms with Crippen LogP contribution in [0, 0.1) is 5.41 Å². The van der Waals surface area contributed by atoms with Crippen molar-refractivity contribution in [3.63, 3.8) is 0 Å². The maximum atomic E-state index is 9.71. The first kappa shape index (κ1) is 17.7. The van der Waals surface area contributed by atoms with E-state index in [4.69, 9.17) is 4.74 Å². The Morgan fingerprint density at radius 1 is 1.00 bits per heavy atom. The number of likely N-dealkylation sites (tertiary alicyclic amines) is 1. The number of ether oxygens (including phenoxy) is 1. The summed E-state index contributed by atoms with van der Waals surface area (Å²) in [6.45, 7) is 5.39. The topological polar surface area (TPSA) is 44.7 Å². The molecule has 2 aromatic carbocycles. The Morgan fingerprint density at radius 3 is 2.31 bits per heavy atom. The third-order valence-corrected chi connectivity index (χ3v) is 5.76. The van der Waals surface area contributed by atoms with E-state index in [-0.39, 0.29) is 12.0 Å². The smallest absolute Gasteiger partial charge is 0.0579 e. The maximum absolute atomic E-state index is 9.71. The molecule has 138 valence electrons. The quantitative estimate of drug-likeness (QED) is 0.802. The summed E-state index contributed by atoms with van der Waals surface area (Å²) < 4.78 is 5.35. The number of nitrogens with one attached hydrogen (secondary N) is 1. The fourth-order valence-electron chi connectivity index (χ4n) is 4.09. The molecule has 2 fully saturated rings. The van der Waals surface area contributed by atoms with E-state index in [1.807, 2.05) is 0 Å². The largest absolute Gasteiger partial charge is 0.396 e. The molecule has 2 aliphatic heterocycles. The highest BCUT2D eigenvalue weighted by Gasteiger charge is 2.40. The van der Waals surface area contributed by atoms with Gasteiger partial charge in [-0.1, -0.05) is 60.7 Å². The highest BCUT2D eigenvalue weighted by atomic mass is 16.5. The first-order chi connectivity index (χ1) is 12.8. The summed E-state index contributed by atoms with van der Waals surface area (Å²) in [5.74, 6) is 0.469. The Morgan fingerprint density at radius 2 is 1.69 bits per heavy atom. The van der Waals surface area contributed by atoms with Crippen molar-refractivity contribution in [1.82, 2.24) is 10.2 Å². The molecule has 2 aliphatic rings. The molecule has 0 saturated carbocycles. The van der Waals surface area contributed by atoms with Crippen molar-refractivity contribution in [1.29, 1.82) is 0 Å². The summed E-state index contributed by atoms with van der Waals surface area (Å²) in [7, 11) is 0. The van der Waals surface area contributed by atoms with Gasteiger partial charge in [0.1, 0.15) is 0 Å². The molecule has 2 heterocycles. The molecule has 4 heteroatoms. The predicted molar refractivity (Wildman–Crippen MR) is 103 cm³/mol. The number of aliphatic hydroxyl groups excluding tert-OH is 1. The number of hydrogen-bond donors (Lipinski definition) is 2. The molecule has 2 aromatic rings. The summed E-state index contributed by atoms with van der Waals surface area (Å²) in [4.78, 5) is 2.54. The van der Waals surface area contributed by atoms with Gasteiger partial charge < -0.3 is 15.2 Å². The molecule has 4 rings (SSSR count). The average molecular weight is 352 g/mol. The molecular weight excluding hydrogens is 324 g/mol. The molecule has 0 radical (unpaired) electrons. The molecule has 4 nitrogen and oxygen atoms in total. The van der Waals surface area contributed by atoms with Crippen LogP contribution >= 0.6 is 0 Å². The van der Waals surface area contributed by atoms with Crippen LogP contribution in [0.1, 0.15) is 17.0 Å². The third kappa shape index (κ3) is 3.84. The van der Waals surface area contributed by atoms with Crippen LogP contribution in [0.3, 0.4) is 0 Å². The Bertz CT molecular complexity index is 682. The normalized spacial score (nSPS) is 25.1. The summed E-state index contributed by atoms with van der Waals surface area (Å²) in [5.41, 5.74) is 2.66. The summed E-state index contributed by atoms with van der Waals surface area (Å²) >= 11 is 0. The zero-order valence-corrected chi connectivity index (χ0v) is 15.2. The van der Waals surface area contributed by atoms with Crippen molar-refractivity contribution in [3.05, 3.63) is 71.8 Å². The minimum atomic E-state index is -0.0892. The van der Waals surface area contributed by atoms with Gasteiger partial charge in [0.05, 0.1) is 25.2 Å². The number of hydrogen-bond acceptors (Lipinski definition) is 4. The van der Waals surface area contributed by atoms with Gasteiger partial charge in [0.25, 0.3) is 0 Å². The summed E-state index contributed by atoms with van der Waals surface area (Å²) in [6, 6.07) is 21.9. The van der Waals surface area contributed by atoms with E-state index >= 15 is 0 Å². The molecule has 0 bridgehead atoms. The minimum Gasteiger partial charge on any atom is -0.396 e. The highest BCUT2D eigenvalue weighted by Crippen LogP contribution is 2.31. The molecule has 0 unspecified atom stereocenters. The van der Waals surface area contributed by atoms with E-state index in [0.29, 0.717) is 25.2 Å². The summed E-state index contributed by atoms with van der Waals surface area (Å²) in [6.07, 6.45) is 0. The van der Waals surface area contributed by atoms with Crippen LogP contribution in [0.5, 0.6) is 0 Å². The SMILES string of the molecule is OCC1(CN[C@@H]2CN(Cc3ccccc3)C[C@H]2c2ccccc2)COC1. The minimum absolute atomic E-state index is 0.0892. The lowest BCUT2D eigenvalue weighted by atomic mass is 9.86. The Balaban J connectivity index is 1.46. The van der Waals surface area contributed by atoms with Crippen LogP contribution in [0.4, 0.5) is 0 Å². The van der Waals surface area contributed by atoms with Gasteiger partial charge >= 0.3 is 0 Å². The van der Waals surface area contributed by atoms with Crippen LogP contribution < -0.4 is 5.32 Å². The van der Waals surface area contributed by atoms with Gasteiger partial charge in [0.15, 0.2) is 0 Å². The molecule has 2 atom stereocenters. The fraction of sp³-hybridized carbons (Fsp3) is 0.455. The Labute approximate surface area is 155 Å². The molecule has 2 saturated heterocycles. The van der Waals surface area contributed by atoms with E-state index in [9.17, 15) is 5.11 Å². The second-order valence-electron chi connectivity index (χ2n) is 7.84. The van der Waals surface area contributed by atoms with Gasteiger partial charge in [-0.25, -0.2) is 0 Å². The second-order valence-corrected chi connectivity index (χ2v) is 7.84. The summed E-state index contributed by atoms with van der Waals surface area (Å²) in [5, 5.41) is 13.5. The van der Waals surface area contributed by atoms with Gasteiger partial charge in [-0.2, -0.15) is 0 Å². The number of nitrogens with zero attached hydrogens (tertiary/aromatic N) is 1. The lowest BCUT2D eigenvalue weighted by molar-refractivity contribution is -0.135. The maximum Gasteiger partial charge on any atom is 0.0579 e. The van der Waals surface area contributed by atoms with Crippen molar-refractivity contribution in [2.45, 2.75) is 18.5 Å². The molecule has 0 aliphatic carbocycles. The lowest BCUT2D eigenvalue weighted by Gasteiger charge is -2.41. The van der Waals surface area contributed by atoms with Crippen LogP contribution in [0.15, 0.2) is 60.7 Å². The molecule has 0 spiro atoms. The first-order valence-corrected chi connectivity index (χ1v) is 9.51. The number of aliphatic hydroxyl groups is 1. The van der Waals surface area contributed by atoms with Gasteiger partial charge in [0, 0.05) is 38.1 Å². The van der Waals surface area contributed by atoms with Gasteiger partial charge in [0.2, 0.25) is 0 Å². The van der Waals surface area contributed by atoms with Crippen molar-refractivity contribution in [2.24, 2.45) is 5.41 Å². The fourth-order valence-corrected chi connectivity index (χ4v) is 4.09. The van der Waals surface area contributed by atoms with E-state index in [1.165, 1.54) is 11.1 Å². The lowest BCUT2D eigenvalue weighted by Crippen LogP contribution is -2.54. The number of rotatable bonds is 7.